The number of aliphatic carboxylic acids is 1. The second-order valence-corrected chi connectivity index (χ2v) is 12.5. The third-order valence-electron chi connectivity index (χ3n) is 7.47. The summed E-state index contributed by atoms with van der Waals surface area (Å²) in [5, 5.41) is 19.1. The van der Waals surface area contributed by atoms with E-state index in [9.17, 15) is 28.8 Å². The molecule has 4 amide bonds. The van der Waals surface area contributed by atoms with E-state index in [2.05, 4.69) is 28.2 Å². The zero-order chi connectivity index (χ0) is 34.1. The minimum absolute atomic E-state index is 0.0656. The van der Waals surface area contributed by atoms with E-state index >= 15 is 0 Å². The van der Waals surface area contributed by atoms with E-state index in [4.69, 9.17) is 15.6 Å². The van der Waals surface area contributed by atoms with E-state index in [0.29, 0.717) is 12.8 Å². The van der Waals surface area contributed by atoms with Gasteiger partial charge in [0, 0.05) is 0 Å². The van der Waals surface area contributed by atoms with Gasteiger partial charge in [-0.25, -0.2) is 4.79 Å². The number of carbonyl (C=O) groups is 6. The number of hydrogen-bond acceptors (Lipinski definition) is 8. The van der Waals surface area contributed by atoms with Crippen molar-refractivity contribution in [3.8, 4) is 0 Å². The average Bonchev–Trinajstić information content (AvgIpc) is 2.94. The maximum absolute atomic E-state index is 13.1. The summed E-state index contributed by atoms with van der Waals surface area (Å²) in [6, 6.07) is -3.85. The molecule has 7 atom stereocenters. The first-order valence-electron chi connectivity index (χ1n) is 15.8. The molecular formula is C31H57N5O8. The largest absolute Gasteiger partial charge is 0.480 e. The standard InChI is InChI=1S/C31H57N5O8/c1-10-11-12-13-14-19(6)26(20(7)27(39)33-16-24(37)38)44-31(43)22(9)35-28(40)21(8)34-29(41)23(15-17(2)3)36-30(42)25(32)18(4)5/h17-23,25-26H,10-16,32H2,1-9H3,(H,33,39)(H,34,41)(H,35,40)(H,36,42)(H,37,38)/t19-,20+,21-,22-,23-,25-,26+/m0/s1. The third-order valence-corrected chi connectivity index (χ3v) is 7.47. The van der Waals surface area contributed by atoms with E-state index < -0.39 is 78.3 Å². The van der Waals surface area contributed by atoms with Crippen molar-refractivity contribution in [1.82, 2.24) is 21.3 Å². The highest BCUT2D eigenvalue weighted by Crippen LogP contribution is 2.24. The predicted molar refractivity (Wildman–Crippen MR) is 167 cm³/mol. The molecule has 0 unspecified atom stereocenters. The van der Waals surface area contributed by atoms with Crippen LogP contribution in [0, 0.1) is 23.7 Å². The van der Waals surface area contributed by atoms with Gasteiger partial charge in [0.1, 0.15) is 30.8 Å². The molecule has 13 heteroatoms. The minimum Gasteiger partial charge on any atom is -0.480 e. The number of carbonyl (C=O) groups excluding carboxylic acids is 5. The van der Waals surface area contributed by atoms with Gasteiger partial charge in [0.2, 0.25) is 23.6 Å². The molecule has 0 aliphatic carbocycles. The monoisotopic (exact) mass is 627 g/mol. The predicted octanol–water partition coefficient (Wildman–Crippen LogP) is 1.87. The van der Waals surface area contributed by atoms with Gasteiger partial charge in [-0.3, -0.25) is 24.0 Å². The Bertz CT molecular complexity index is 957. The minimum atomic E-state index is -1.19. The molecule has 0 aromatic carbocycles. The Hall–Kier alpha value is -3.22. The van der Waals surface area contributed by atoms with Crippen molar-refractivity contribution < 1.29 is 38.6 Å². The van der Waals surface area contributed by atoms with E-state index in [-0.39, 0.29) is 17.8 Å². The number of nitrogens with one attached hydrogen (secondary N) is 4. The molecule has 0 heterocycles. The first kappa shape index (κ1) is 40.8. The fourth-order valence-corrected chi connectivity index (χ4v) is 4.53. The molecule has 0 fully saturated rings. The number of carboxylic acid groups (broad SMARTS) is 1. The topological polar surface area (TPSA) is 206 Å². The van der Waals surface area contributed by atoms with Crippen molar-refractivity contribution in [2.45, 2.75) is 131 Å². The molecule has 0 radical (unpaired) electrons. The molecule has 0 saturated carbocycles. The Kier molecular flexibility index (Phi) is 19.2. The van der Waals surface area contributed by atoms with Gasteiger partial charge in [0.05, 0.1) is 12.0 Å². The van der Waals surface area contributed by atoms with E-state index in [1.54, 1.807) is 20.8 Å². The fraction of sp³-hybridized carbons (Fsp3) is 0.806. The van der Waals surface area contributed by atoms with Gasteiger partial charge in [0.15, 0.2) is 0 Å². The SMILES string of the molecule is CCCCCC[C@H](C)[C@@H](OC(=O)[C@H](C)NC(=O)[C@H](C)NC(=O)[C@H](CC(C)C)NC(=O)[C@@H](N)C(C)C)[C@@H](C)C(=O)NCC(=O)O. The number of amides is 4. The lowest BCUT2D eigenvalue weighted by atomic mass is 9.88. The van der Waals surface area contributed by atoms with Gasteiger partial charge in [-0.1, -0.05) is 74.1 Å². The Morgan fingerprint density at radius 2 is 1.34 bits per heavy atom. The van der Waals surface area contributed by atoms with Crippen LogP contribution < -0.4 is 27.0 Å². The molecule has 0 aliphatic heterocycles. The van der Waals surface area contributed by atoms with Crippen LogP contribution in [0.25, 0.3) is 0 Å². The van der Waals surface area contributed by atoms with Crippen LogP contribution in [0.4, 0.5) is 0 Å². The normalized spacial score (nSPS) is 16.1. The number of nitrogens with two attached hydrogens (primary N) is 1. The Labute approximate surface area is 262 Å². The van der Waals surface area contributed by atoms with Gasteiger partial charge < -0.3 is 36.8 Å². The van der Waals surface area contributed by atoms with E-state index in [1.807, 2.05) is 20.8 Å². The Morgan fingerprint density at radius 3 is 1.86 bits per heavy atom. The van der Waals surface area contributed by atoms with Crippen molar-refractivity contribution in [3.05, 3.63) is 0 Å². The molecule has 7 N–H and O–H groups in total. The molecule has 0 aliphatic rings. The molecule has 0 aromatic rings. The summed E-state index contributed by atoms with van der Waals surface area (Å²) in [4.78, 5) is 75.0. The van der Waals surface area contributed by atoms with Crippen LogP contribution in [-0.2, 0) is 33.5 Å². The molecule has 13 nitrogen and oxygen atoms in total. The number of esters is 1. The molecular weight excluding hydrogens is 570 g/mol. The lowest BCUT2D eigenvalue weighted by Gasteiger charge is -2.30. The molecule has 0 rings (SSSR count). The summed E-state index contributed by atoms with van der Waals surface area (Å²) in [5.74, 6) is -5.30. The Balaban J connectivity index is 5.45. The van der Waals surface area contributed by atoms with E-state index in [0.717, 1.165) is 25.7 Å². The maximum Gasteiger partial charge on any atom is 0.328 e. The van der Waals surface area contributed by atoms with Crippen LogP contribution in [0.1, 0.15) is 101 Å². The zero-order valence-corrected chi connectivity index (χ0v) is 28.0. The number of carboxylic acids is 1. The highest BCUT2D eigenvalue weighted by atomic mass is 16.5. The summed E-state index contributed by atoms with van der Waals surface area (Å²) < 4.78 is 5.74. The molecule has 0 bridgehead atoms. The van der Waals surface area contributed by atoms with Gasteiger partial charge in [-0.05, 0) is 44.4 Å². The van der Waals surface area contributed by atoms with Crippen LogP contribution in [0.5, 0.6) is 0 Å². The molecule has 254 valence electrons. The number of ether oxygens (including phenoxy) is 1. The van der Waals surface area contributed by atoms with Gasteiger partial charge in [-0.2, -0.15) is 0 Å². The molecule has 44 heavy (non-hydrogen) atoms. The van der Waals surface area contributed by atoms with Crippen molar-refractivity contribution >= 4 is 35.6 Å². The summed E-state index contributed by atoms with van der Waals surface area (Å²) in [5.41, 5.74) is 5.93. The molecule has 0 spiro atoms. The zero-order valence-electron chi connectivity index (χ0n) is 28.0. The summed E-state index contributed by atoms with van der Waals surface area (Å²) in [6.45, 7) is 15.2. The van der Waals surface area contributed by atoms with Crippen molar-refractivity contribution in [2.24, 2.45) is 29.4 Å². The third kappa shape index (κ3) is 15.5. The first-order valence-corrected chi connectivity index (χ1v) is 15.8. The average molecular weight is 628 g/mol. The lowest BCUT2D eigenvalue weighted by Crippen LogP contribution is -2.57. The molecule has 0 saturated heterocycles. The van der Waals surface area contributed by atoms with E-state index in [1.165, 1.54) is 13.8 Å². The van der Waals surface area contributed by atoms with Crippen molar-refractivity contribution in [1.29, 1.82) is 0 Å². The smallest absolute Gasteiger partial charge is 0.328 e. The number of hydrogen-bond donors (Lipinski definition) is 6. The number of unbranched alkanes of at least 4 members (excludes halogenated alkanes) is 3. The highest BCUT2D eigenvalue weighted by molar-refractivity contribution is 5.94. The summed E-state index contributed by atoms with van der Waals surface area (Å²) in [6.07, 6.45) is 4.13. The van der Waals surface area contributed by atoms with Crippen LogP contribution in [0.2, 0.25) is 0 Å². The summed E-state index contributed by atoms with van der Waals surface area (Å²) in [7, 11) is 0. The van der Waals surface area contributed by atoms with Gasteiger partial charge in [0.25, 0.3) is 0 Å². The highest BCUT2D eigenvalue weighted by Gasteiger charge is 2.34. The van der Waals surface area contributed by atoms with Crippen molar-refractivity contribution in [2.75, 3.05) is 6.54 Å². The van der Waals surface area contributed by atoms with Crippen molar-refractivity contribution in [3.63, 3.8) is 0 Å². The van der Waals surface area contributed by atoms with Crippen LogP contribution in [-0.4, -0.2) is 77.5 Å². The maximum atomic E-state index is 13.1. The lowest BCUT2D eigenvalue weighted by molar-refractivity contribution is -0.160. The Morgan fingerprint density at radius 1 is 0.750 bits per heavy atom. The van der Waals surface area contributed by atoms with Gasteiger partial charge >= 0.3 is 11.9 Å². The summed E-state index contributed by atoms with van der Waals surface area (Å²) >= 11 is 0. The van der Waals surface area contributed by atoms with Crippen LogP contribution in [0.15, 0.2) is 0 Å². The molecule has 0 aromatic heterocycles. The second-order valence-electron chi connectivity index (χ2n) is 12.5. The van der Waals surface area contributed by atoms with Gasteiger partial charge in [-0.15, -0.1) is 0 Å². The second kappa shape index (κ2) is 20.7. The number of rotatable bonds is 21. The van der Waals surface area contributed by atoms with Crippen LogP contribution >= 0.6 is 0 Å². The van der Waals surface area contributed by atoms with Crippen LogP contribution in [0.3, 0.4) is 0 Å². The fourth-order valence-electron chi connectivity index (χ4n) is 4.53. The first-order chi connectivity index (χ1) is 20.4. The quantitative estimate of drug-likeness (QED) is 0.0810.